The molecule has 0 spiro atoms. The summed E-state index contributed by atoms with van der Waals surface area (Å²) in [5.74, 6) is 0.385. The van der Waals surface area contributed by atoms with E-state index in [0.717, 1.165) is 43.8 Å². The van der Waals surface area contributed by atoms with E-state index in [4.69, 9.17) is 0 Å². The molecule has 3 heterocycles. The van der Waals surface area contributed by atoms with Crippen LogP contribution in [-0.2, 0) is 12.8 Å². The number of nitrogens with one attached hydrogen (secondary N) is 1. The number of hydrogen-bond acceptors (Lipinski definition) is 4. The largest absolute Gasteiger partial charge is 0.337 e. The molecule has 2 aromatic heterocycles. The summed E-state index contributed by atoms with van der Waals surface area (Å²) in [6, 6.07) is 10.3. The average Bonchev–Trinajstić information content (AvgIpc) is 3.37. The monoisotopic (exact) mass is 380 g/mol. The molecule has 0 aliphatic carbocycles. The van der Waals surface area contributed by atoms with Crippen molar-refractivity contribution in [2.24, 2.45) is 0 Å². The first-order chi connectivity index (χ1) is 13.2. The molecule has 1 aliphatic heterocycles. The molecule has 1 aromatic carbocycles. The predicted octanol–water partition coefficient (Wildman–Crippen LogP) is 4.04. The maximum absolute atomic E-state index is 13.0. The minimum Gasteiger partial charge on any atom is -0.337 e. The molecule has 4 rings (SSSR count). The molecule has 140 valence electrons. The number of hydrogen-bond donors (Lipinski definition) is 1. The van der Waals surface area contributed by atoms with E-state index in [1.807, 2.05) is 34.7 Å². The molecule has 3 aromatic rings. The van der Waals surface area contributed by atoms with Crippen LogP contribution < -0.4 is 0 Å². The molecule has 1 fully saturated rings. The lowest BCUT2D eigenvalue weighted by molar-refractivity contribution is 0.0700. The molecule has 0 saturated carbocycles. The highest BCUT2D eigenvalue weighted by atomic mass is 32.1. The van der Waals surface area contributed by atoms with E-state index in [-0.39, 0.29) is 5.91 Å². The van der Waals surface area contributed by atoms with Gasteiger partial charge in [0, 0.05) is 36.5 Å². The number of benzene rings is 1. The Morgan fingerprint density at radius 3 is 3.00 bits per heavy atom. The van der Waals surface area contributed by atoms with Crippen LogP contribution in [0, 0.1) is 0 Å². The van der Waals surface area contributed by atoms with Crippen LogP contribution in [-0.4, -0.2) is 39.1 Å². The second-order valence-corrected chi connectivity index (χ2v) is 7.98. The minimum absolute atomic E-state index is 0.0489. The highest BCUT2D eigenvalue weighted by Gasteiger charge is 2.28. The summed E-state index contributed by atoms with van der Waals surface area (Å²) in [4.78, 5) is 19.5. The van der Waals surface area contributed by atoms with E-state index < -0.39 is 0 Å². The van der Waals surface area contributed by atoms with Crippen LogP contribution in [0.5, 0.6) is 0 Å². The maximum atomic E-state index is 13.0. The van der Waals surface area contributed by atoms with Crippen LogP contribution in [0.25, 0.3) is 0 Å². The van der Waals surface area contributed by atoms with Crippen molar-refractivity contribution in [3.63, 3.8) is 0 Å². The van der Waals surface area contributed by atoms with Crippen molar-refractivity contribution in [1.82, 2.24) is 20.1 Å². The Kier molecular flexibility index (Phi) is 5.34. The highest BCUT2D eigenvalue weighted by Crippen LogP contribution is 2.29. The fourth-order valence-electron chi connectivity index (χ4n) is 3.78. The molecular formula is C21H24N4OS. The zero-order chi connectivity index (χ0) is 18.6. The first-order valence-corrected chi connectivity index (χ1v) is 10.4. The summed E-state index contributed by atoms with van der Waals surface area (Å²) in [6.45, 7) is 3.68. The molecule has 6 heteroatoms. The van der Waals surface area contributed by atoms with Crippen LogP contribution in [0.15, 0.2) is 41.9 Å². The van der Waals surface area contributed by atoms with Gasteiger partial charge in [0.05, 0.1) is 11.2 Å². The number of carbonyl (C=O) groups excluding carboxylic acids is 1. The molecule has 1 unspecified atom stereocenters. The Morgan fingerprint density at radius 2 is 2.19 bits per heavy atom. The number of aryl methyl sites for hydroxylation is 1. The van der Waals surface area contributed by atoms with Gasteiger partial charge >= 0.3 is 0 Å². The van der Waals surface area contributed by atoms with Gasteiger partial charge in [-0.2, -0.15) is 5.10 Å². The van der Waals surface area contributed by atoms with Crippen molar-refractivity contribution in [1.29, 1.82) is 0 Å². The van der Waals surface area contributed by atoms with Crippen LogP contribution in [0.3, 0.4) is 0 Å². The van der Waals surface area contributed by atoms with Gasteiger partial charge in [-0.1, -0.05) is 37.3 Å². The first-order valence-electron chi connectivity index (χ1n) is 9.54. The molecule has 1 amide bonds. The molecular weight excluding hydrogens is 356 g/mol. The van der Waals surface area contributed by atoms with Crippen LogP contribution in [0.2, 0.25) is 0 Å². The molecule has 1 N–H and O–H groups in total. The predicted molar refractivity (Wildman–Crippen MR) is 107 cm³/mol. The third-order valence-electron chi connectivity index (χ3n) is 5.22. The summed E-state index contributed by atoms with van der Waals surface area (Å²) in [6.07, 6.45) is 5.75. The maximum Gasteiger partial charge on any atom is 0.273 e. The second kappa shape index (κ2) is 8.05. The van der Waals surface area contributed by atoms with Gasteiger partial charge in [-0.05, 0) is 30.4 Å². The number of amides is 1. The number of likely N-dealkylation sites (tertiary alicyclic amines) is 1. The highest BCUT2D eigenvalue weighted by molar-refractivity contribution is 7.09. The number of nitrogens with zero attached hydrogens (tertiary/aromatic N) is 3. The number of piperidine rings is 1. The molecule has 5 nitrogen and oxygen atoms in total. The molecule has 0 radical (unpaired) electrons. The van der Waals surface area contributed by atoms with E-state index in [9.17, 15) is 4.79 Å². The van der Waals surface area contributed by atoms with Gasteiger partial charge in [0.15, 0.2) is 0 Å². The van der Waals surface area contributed by atoms with E-state index in [0.29, 0.717) is 11.6 Å². The zero-order valence-electron chi connectivity index (χ0n) is 15.5. The van der Waals surface area contributed by atoms with Crippen LogP contribution in [0.4, 0.5) is 0 Å². The number of aromatic amines is 1. The van der Waals surface area contributed by atoms with Gasteiger partial charge in [0.1, 0.15) is 5.69 Å². The number of aromatic nitrogens is 3. The van der Waals surface area contributed by atoms with E-state index in [1.54, 1.807) is 11.3 Å². The fourth-order valence-corrected chi connectivity index (χ4v) is 4.58. The van der Waals surface area contributed by atoms with Gasteiger partial charge in [-0.3, -0.25) is 9.89 Å². The molecule has 27 heavy (non-hydrogen) atoms. The Bertz CT molecular complexity index is 902. The number of carbonyl (C=O) groups is 1. The zero-order valence-corrected chi connectivity index (χ0v) is 16.3. The third-order valence-corrected chi connectivity index (χ3v) is 6.07. The molecule has 0 bridgehead atoms. The SMILES string of the molecule is CCc1cn[nH]c1C1CCCN(C(=O)c2csc(Cc3ccccc3)n2)C1. The number of thiazole rings is 1. The molecule has 1 aliphatic rings. The Labute approximate surface area is 163 Å². The van der Waals surface area contributed by atoms with Gasteiger partial charge in [0.25, 0.3) is 5.91 Å². The van der Waals surface area contributed by atoms with Crippen molar-refractivity contribution in [2.75, 3.05) is 13.1 Å². The smallest absolute Gasteiger partial charge is 0.273 e. The summed E-state index contributed by atoms with van der Waals surface area (Å²) in [5, 5.41) is 10.2. The lowest BCUT2D eigenvalue weighted by Gasteiger charge is -2.32. The average molecular weight is 381 g/mol. The summed E-state index contributed by atoms with van der Waals surface area (Å²) in [7, 11) is 0. The van der Waals surface area contributed by atoms with Crippen LogP contribution in [0.1, 0.15) is 58.0 Å². The summed E-state index contributed by atoms with van der Waals surface area (Å²) >= 11 is 1.57. The van der Waals surface area contributed by atoms with Crippen molar-refractivity contribution < 1.29 is 4.79 Å². The topological polar surface area (TPSA) is 61.9 Å². The summed E-state index contributed by atoms with van der Waals surface area (Å²) in [5.41, 5.74) is 4.24. The first kappa shape index (κ1) is 17.9. The van der Waals surface area contributed by atoms with Gasteiger partial charge in [-0.25, -0.2) is 4.98 Å². The van der Waals surface area contributed by atoms with Crippen molar-refractivity contribution in [3.05, 3.63) is 69.4 Å². The van der Waals surface area contributed by atoms with Gasteiger partial charge in [0.2, 0.25) is 0 Å². The minimum atomic E-state index is 0.0489. The lowest BCUT2D eigenvalue weighted by Crippen LogP contribution is -2.39. The number of rotatable bonds is 5. The fraction of sp³-hybridized carbons (Fsp3) is 0.381. The van der Waals surface area contributed by atoms with Gasteiger partial charge in [-0.15, -0.1) is 11.3 Å². The van der Waals surface area contributed by atoms with E-state index >= 15 is 0 Å². The van der Waals surface area contributed by atoms with E-state index in [2.05, 4.69) is 34.2 Å². The quantitative estimate of drug-likeness (QED) is 0.727. The molecule has 1 atom stereocenters. The standard InChI is InChI=1S/C21H24N4OS/c1-2-16-12-22-24-20(16)17-9-6-10-25(13-17)21(26)18-14-27-19(23-18)11-15-7-4-3-5-8-15/h3-5,7-8,12,14,17H,2,6,9-11,13H2,1H3,(H,22,24). The lowest BCUT2D eigenvalue weighted by atomic mass is 9.92. The second-order valence-electron chi connectivity index (χ2n) is 7.04. The number of H-pyrrole nitrogens is 1. The van der Waals surface area contributed by atoms with Crippen molar-refractivity contribution in [3.8, 4) is 0 Å². The van der Waals surface area contributed by atoms with Crippen LogP contribution >= 0.6 is 11.3 Å². The third kappa shape index (κ3) is 3.95. The summed E-state index contributed by atoms with van der Waals surface area (Å²) < 4.78 is 0. The van der Waals surface area contributed by atoms with Gasteiger partial charge < -0.3 is 4.90 Å². The Hall–Kier alpha value is -2.47. The molecule has 1 saturated heterocycles. The van der Waals surface area contributed by atoms with Crippen molar-refractivity contribution >= 4 is 17.2 Å². The Morgan fingerprint density at radius 1 is 1.33 bits per heavy atom. The van der Waals surface area contributed by atoms with E-state index in [1.165, 1.54) is 16.8 Å². The van der Waals surface area contributed by atoms with Crippen molar-refractivity contribution in [2.45, 2.75) is 38.5 Å². The Balaban J connectivity index is 1.45. The normalized spacial score (nSPS) is 17.2.